The molecule has 0 saturated heterocycles. The van der Waals surface area contributed by atoms with E-state index in [0.29, 0.717) is 18.2 Å². The van der Waals surface area contributed by atoms with Crippen LogP contribution < -0.4 is 0 Å². The Labute approximate surface area is 98.6 Å². The first-order valence-electron chi connectivity index (χ1n) is 4.70. The van der Waals surface area contributed by atoms with E-state index in [9.17, 15) is 4.57 Å². The van der Waals surface area contributed by atoms with Gasteiger partial charge in [0.2, 0.25) is 0 Å². The van der Waals surface area contributed by atoms with Gasteiger partial charge < -0.3 is 14.5 Å². The van der Waals surface area contributed by atoms with Gasteiger partial charge in [-0.2, -0.15) is 0 Å². The SMILES string of the molecule is O=P(O)(O)COCCCc1ccnc(Cl)c1. The van der Waals surface area contributed by atoms with Gasteiger partial charge in [0, 0.05) is 12.8 Å². The Morgan fingerprint density at radius 1 is 1.50 bits per heavy atom. The van der Waals surface area contributed by atoms with Gasteiger partial charge >= 0.3 is 7.60 Å². The van der Waals surface area contributed by atoms with Crippen LogP contribution >= 0.6 is 19.2 Å². The van der Waals surface area contributed by atoms with E-state index in [-0.39, 0.29) is 0 Å². The highest BCUT2D eigenvalue weighted by molar-refractivity contribution is 7.51. The molecule has 1 rings (SSSR count). The predicted octanol–water partition coefficient (Wildman–Crippen LogP) is 1.82. The molecule has 1 aromatic heterocycles. The van der Waals surface area contributed by atoms with Crippen molar-refractivity contribution in [1.82, 2.24) is 4.98 Å². The lowest BCUT2D eigenvalue weighted by molar-refractivity contribution is 0.154. The third-order valence-corrected chi connectivity index (χ3v) is 2.53. The highest BCUT2D eigenvalue weighted by atomic mass is 35.5. The molecule has 0 atom stereocenters. The van der Waals surface area contributed by atoms with E-state index in [1.807, 2.05) is 6.07 Å². The number of rotatable bonds is 6. The first kappa shape index (κ1) is 13.6. The van der Waals surface area contributed by atoms with Crippen LogP contribution in [0, 0.1) is 0 Å². The standard InChI is InChI=1S/C9H13ClNO4P/c10-9-6-8(3-4-11-9)2-1-5-15-7-16(12,13)14/h3-4,6H,1-2,5,7H2,(H2,12,13,14). The fourth-order valence-electron chi connectivity index (χ4n) is 1.16. The van der Waals surface area contributed by atoms with Crippen molar-refractivity contribution in [2.24, 2.45) is 0 Å². The van der Waals surface area contributed by atoms with Crippen LogP contribution in [0.1, 0.15) is 12.0 Å². The van der Waals surface area contributed by atoms with Crippen molar-refractivity contribution in [3.8, 4) is 0 Å². The van der Waals surface area contributed by atoms with Gasteiger partial charge in [0.1, 0.15) is 11.5 Å². The highest BCUT2D eigenvalue weighted by Gasteiger charge is 2.11. The van der Waals surface area contributed by atoms with Gasteiger partial charge in [-0.05, 0) is 30.5 Å². The average Bonchev–Trinajstić information content (AvgIpc) is 2.15. The van der Waals surface area contributed by atoms with Crippen LogP contribution in [-0.2, 0) is 15.7 Å². The van der Waals surface area contributed by atoms with Gasteiger partial charge in [-0.15, -0.1) is 0 Å². The van der Waals surface area contributed by atoms with E-state index in [0.717, 1.165) is 12.0 Å². The summed E-state index contributed by atoms with van der Waals surface area (Å²) >= 11 is 5.70. The Bertz CT molecular complexity index is 382. The predicted molar refractivity (Wildman–Crippen MR) is 60.4 cm³/mol. The molecule has 0 saturated carbocycles. The van der Waals surface area contributed by atoms with Gasteiger partial charge in [0.25, 0.3) is 0 Å². The van der Waals surface area contributed by atoms with Crippen LogP contribution in [0.3, 0.4) is 0 Å². The number of nitrogens with zero attached hydrogens (tertiary/aromatic N) is 1. The minimum Gasteiger partial charge on any atom is -0.369 e. The summed E-state index contributed by atoms with van der Waals surface area (Å²) in [6, 6.07) is 3.60. The van der Waals surface area contributed by atoms with Gasteiger partial charge in [-0.25, -0.2) is 4.98 Å². The summed E-state index contributed by atoms with van der Waals surface area (Å²) in [6.45, 7) is 0.311. The van der Waals surface area contributed by atoms with E-state index in [2.05, 4.69) is 4.98 Å². The molecule has 1 heterocycles. The maximum atomic E-state index is 10.5. The van der Waals surface area contributed by atoms with Crippen molar-refractivity contribution >= 4 is 19.2 Å². The van der Waals surface area contributed by atoms with Crippen molar-refractivity contribution < 1.29 is 19.1 Å². The van der Waals surface area contributed by atoms with Crippen LogP contribution in [0.15, 0.2) is 18.3 Å². The summed E-state index contributed by atoms with van der Waals surface area (Å²) < 4.78 is 15.3. The molecule has 0 aromatic carbocycles. The summed E-state index contributed by atoms with van der Waals surface area (Å²) in [5.41, 5.74) is 1.03. The lowest BCUT2D eigenvalue weighted by Gasteiger charge is -2.05. The zero-order valence-corrected chi connectivity index (χ0v) is 10.2. The Kier molecular flexibility index (Phi) is 5.38. The quantitative estimate of drug-likeness (QED) is 0.466. The van der Waals surface area contributed by atoms with E-state index in [1.165, 1.54) is 0 Å². The van der Waals surface area contributed by atoms with E-state index in [4.69, 9.17) is 26.1 Å². The topological polar surface area (TPSA) is 79.7 Å². The summed E-state index contributed by atoms with van der Waals surface area (Å²) in [6.07, 6.45) is 2.52. The third-order valence-electron chi connectivity index (χ3n) is 1.80. The maximum Gasteiger partial charge on any atom is 0.350 e. The number of halogens is 1. The monoisotopic (exact) mass is 265 g/mol. The lowest BCUT2D eigenvalue weighted by Crippen LogP contribution is -1.99. The Morgan fingerprint density at radius 3 is 2.88 bits per heavy atom. The van der Waals surface area contributed by atoms with Crippen molar-refractivity contribution in [2.75, 3.05) is 13.0 Å². The normalized spacial score (nSPS) is 11.7. The molecule has 0 aliphatic carbocycles. The lowest BCUT2D eigenvalue weighted by atomic mass is 10.1. The fraction of sp³-hybridized carbons (Fsp3) is 0.444. The minimum atomic E-state index is -4.04. The molecule has 0 unspecified atom stereocenters. The van der Waals surface area contributed by atoms with E-state index in [1.54, 1.807) is 12.3 Å². The summed E-state index contributed by atoms with van der Waals surface area (Å²) in [7, 11) is -4.04. The van der Waals surface area contributed by atoms with Crippen LogP contribution in [0.25, 0.3) is 0 Å². The Hall–Kier alpha value is -0.450. The smallest absolute Gasteiger partial charge is 0.350 e. The molecule has 0 aliphatic heterocycles. The second-order valence-corrected chi connectivity index (χ2v) is 5.27. The number of ether oxygens (including phenoxy) is 1. The molecule has 5 nitrogen and oxygen atoms in total. The molecule has 0 fully saturated rings. The van der Waals surface area contributed by atoms with Crippen molar-refractivity contribution in [1.29, 1.82) is 0 Å². The molecule has 0 aliphatic rings. The summed E-state index contributed by atoms with van der Waals surface area (Å²) in [4.78, 5) is 20.9. The van der Waals surface area contributed by atoms with Gasteiger partial charge in [-0.1, -0.05) is 11.6 Å². The Morgan fingerprint density at radius 2 is 2.25 bits per heavy atom. The largest absolute Gasteiger partial charge is 0.369 e. The first-order chi connectivity index (χ1) is 7.47. The van der Waals surface area contributed by atoms with Crippen molar-refractivity contribution in [3.63, 3.8) is 0 Å². The molecule has 0 spiro atoms. The number of aryl methyl sites for hydroxylation is 1. The van der Waals surface area contributed by atoms with Gasteiger partial charge in [0.15, 0.2) is 0 Å². The van der Waals surface area contributed by atoms with Crippen molar-refractivity contribution in [2.45, 2.75) is 12.8 Å². The van der Waals surface area contributed by atoms with E-state index >= 15 is 0 Å². The molecule has 2 N–H and O–H groups in total. The maximum absolute atomic E-state index is 10.5. The number of aromatic nitrogens is 1. The van der Waals surface area contributed by atoms with Crippen molar-refractivity contribution in [3.05, 3.63) is 29.0 Å². The van der Waals surface area contributed by atoms with Crippen LogP contribution in [0.4, 0.5) is 0 Å². The van der Waals surface area contributed by atoms with Gasteiger partial charge in [-0.3, -0.25) is 4.57 Å². The molecule has 0 bridgehead atoms. The third kappa shape index (κ3) is 6.20. The number of hydrogen-bond donors (Lipinski definition) is 2. The minimum absolute atomic E-state index is 0.311. The van der Waals surface area contributed by atoms with E-state index < -0.39 is 13.9 Å². The number of pyridine rings is 1. The zero-order valence-electron chi connectivity index (χ0n) is 8.54. The molecule has 0 radical (unpaired) electrons. The Balaban J connectivity index is 2.19. The first-order valence-corrected chi connectivity index (χ1v) is 6.88. The van der Waals surface area contributed by atoms with Crippen LogP contribution in [0.5, 0.6) is 0 Å². The highest BCUT2D eigenvalue weighted by Crippen LogP contribution is 2.33. The second-order valence-electron chi connectivity index (χ2n) is 3.29. The summed E-state index contributed by atoms with van der Waals surface area (Å²) in [5.74, 6) is 0. The average molecular weight is 266 g/mol. The molecule has 7 heteroatoms. The number of hydrogen-bond acceptors (Lipinski definition) is 3. The van der Waals surface area contributed by atoms with Crippen LogP contribution in [-0.4, -0.2) is 27.7 Å². The molecule has 90 valence electrons. The molecular formula is C9H13ClNO4P. The second kappa shape index (κ2) is 6.33. The fourth-order valence-corrected chi connectivity index (χ4v) is 1.72. The summed E-state index contributed by atoms with van der Waals surface area (Å²) in [5, 5.41) is 0.439. The molecule has 16 heavy (non-hydrogen) atoms. The van der Waals surface area contributed by atoms with Crippen LogP contribution in [0.2, 0.25) is 5.15 Å². The zero-order chi connectivity index (χ0) is 12.0. The molecule has 0 amide bonds. The molecule has 1 aromatic rings. The van der Waals surface area contributed by atoms with Gasteiger partial charge in [0.05, 0.1) is 0 Å². The molecular weight excluding hydrogens is 253 g/mol.